The lowest BCUT2D eigenvalue weighted by Gasteiger charge is -2.18. The van der Waals surface area contributed by atoms with E-state index in [4.69, 9.17) is 9.26 Å². The zero-order chi connectivity index (χ0) is 16.9. The van der Waals surface area contributed by atoms with E-state index in [9.17, 15) is 5.26 Å². The van der Waals surface area contributed by atoms with Crippen LogP contribution in [-0.4, -0.2) is 34.3 Å². The largest absolute Gasteiger partial charge is 0.480 e. The third-order valence-corrected chi connectivity index (χ3v) is 3.35. The maximum Gasteiger partial charge on any atom is 0.246 e. The highest BCUT2D eigenvalue weighted by Gasteiger charge is 2.17. The van der Waals surface area contributed by atoms with Crippen LogP contribution in [0.25, 0.3) is 11.5 Å². The van der Waals surface area contributed by atoms with Gasteiger partial charge in [-0.25, -0.2) is 4.98 Å². The van der Waals surface area contributed by atoms with Gasteiger partial charge in [-0.05, 0) is 18.2 Å². The first kappa shape index (κ1) is 15.4. The van der Waals surface area contributed by atoms with Gasteiger partial charge in [-0.1, -0.05) is 11.2 Å². The first-order valence-corrected chi connectivity index (χ1v) is 7.11. The Bertz CT molecular complexity index is 872. The SMILES string of the molecule is COc1nccc(N(C)Cc2nc(-c3ccccn3)no2)c1C#N. The molecule has 120 valence electrons. The molecule has 3 rings (SSSR count). The van der Waals surface area contributed by atoms with Gasteiger partial charge in [0, 0.05) is 19.4 Å². The maximum absolute atomic E-state index is 9.34. The Morgan fingerprint density at radius 1 is 1.25 bits per heavy atom. The van der Waals surface area contributed by atoms with Crippen LogP contribution in [0.15, 0.2) is 41.2 Å². The summed E-state index contributed by atoms with van der Waals surface area (Å²) in [4.78, 5) is 14.4. The summed E-state index contributed by atoms with van der Waals surface area (Å²) in [6.45, 7) is 0.335. The number of anilines is 1. The van der Waals surface area contributed by atoms with Crippen LogP contribution in [0.1, 0.15) is 11.5 Å². The molecule has 0 fully saturated rings. The molecule has 0 unspecified atom stereocenters. The summed E-state index contributed by atoms with van der Waals surface area (Å²) < 4.78 is 10.4. The van der Waals surface area contributed by atoms with Crippen molar-refractivity contribution in [1.29, 1.82) is 5.26 Å². The molecule has 0 aliphatic rings. The molecule has 0 radical (unpaired) electrons. The van der Waals surface area contributed by atoms with Crippen LogP contribution >= 0.6 is 0 Å². The van der Waals surface area contributed by atoms with E-state index in [1.54, 1.807) is 24.5 Å². The molecule has 0 bridgehead atoms. The van der Waals surface area contributed by atoms with Gasteiger partial charge < -0.3 is 14.2 Å². The lowest BCUT2D eigenvalue weighted by Crippen LogP contribution is -2.18. The molecule has 24 heavy (non-hydrogen) atoms. The molecule has 0 atom stereocenters. The Morgan fingerprint density at radius 2 is 2.12 bits per heavy atom. The number of hydrogen-bond acceptors (Lipinski definition) is 8. The molecule has 0 saturated heterocycles. The van der Waals surface area contributed by atoms with Crippen LogP contribution in [-0.2, 0) is 6.54 Å². The molecular formula is C16H14N6O2. The quantitative estimate of drug-likeness (QED) is 0.703. The first-order valence-electron chi connectivity index (χ1n) is 7.11. The average molecular weight is 322 g/mol. The topological polar surface area (TPSA) is 101 Å². The summed E-state index contributed by atoms with van der Waals surface area (Å²) in [5.41, 5.74) is 1.66. The van der Waals surface area contributed by atoms with Gasteiger partial charge in [0.2, 0.25) is 17.6 Å². The summed E-state index contributed by atoms with van der Waals surface area (Å²) in [7, 11) is 3.30. The molecule has 0 aromatic carbocycles. The van der Waals surface area contributed by atoms with Gasteiger partial charge in [-0.2, -0.15) is 10.2 Å². The highest BCUT2D eigenvalue weighted by atomic mass is 16.5. The first-order chi connectivity index (χ1) is 11.7. The predicted molar refractivity (Wildman–Crippen MR) is 85.1 cm³/mol. The van der Waals surface area contributed by atoms with Gasteiger partial charge in [0.05, 0.1) is 19.3 Å². The van der Waals surface area contributed by atoms with E-state index >= 15 is 0 Å². The van der Waals surface area contributed by atoms with Gasteiger partial charge >= 0.3 is 0 Å². The van der Waals surface area contributed by atoms with Crippen LogP contribution in [0.4, 0.5) is 5.69 Å². The Morgan fingerprint density at radius 3 is 2.83 bits per heavy atom. The molecule has 0 aliphatic heterocycles. The van der Waals surface area contributed by atoms with Crippen molar-refractivity contribution in [2.75, 3.05) is 19.1 Å². The van der Waals surface area contributed by atoms with Crippen molar-refractivity contribution in [3.8, 4) is 23.5 Å². The maximum atomic E-state index is 9.34. The summed E-state index contributed by atoms with van der Waals surface area (Å²) in [6, 6.07) is 9.32. The van der Waals surface area contributed by atoms with Gasteiger partial charge in [0.25, 0.3) is 0 Å². The van der Waals surface area contributed by atoms with Crippen molar-refractivity contribution in [3.63, 3.8) is 0 Å². The number of methoxy groups -OCH3 is 1. The third kappa shape index (κ3) is 3.01. The lowest BCUT2D eigenvalue weighted by molar-refractivity contribution is 0.378. The van der Waals surface area contributed by atoms with Crippen LogP contribution in [0.2, 0.25) is 0 Å². The van der Waals surface area contributed by atoms with Gasteiger partial charge in [0.1, 0.15) is 17.3 Å². The second kappa shape index (κ2) is 6.75. The standard InChI is InChI=1S/C16H14N6O2/c1-22(13-6-8-19-16(23-2)11(13)9-17)10-14-20-15(21-24-14)12-5-3-4-7-18-12/h3-8H,10H2,1-2H3. The second-order valence-electron chi connectivity index (χ2n) is 4.91. The molecule has 0 amide bonds. The van der Waals surface area contributed by atoms with E-state index < -0.39 is 0 Å². The number of nitriles is 1. The van der Waals surface area contributed by atoms with Gasteiger partial charge in [-0.15, -0.1) is 0 Å². The van der Waals surface area contributed by atoms with Gasteiger partial charge in [0.15, 0.2) is 0 Å². The van der Waals surface area contributed by atoms with E-state index in [1.807, 2.05) is 24.1 Å². The predicted octanol–water partition coefficient (Wildman–Crippen LogP) is 2.04. The van der Waals surface area contributed by atoms with Crippen LogP contribution in [0.5, 0.6) is 5.88 Å². The summed E-state index contributed by atoms with van der Waals surface area (Å²) in [5.74, 6) is 1.12. The van der Waals surface area contributed by atoms with Crippen molar-refractivity contribution in [2.24, 2.45) is 0 Å². The smallest absolute Gasteiger partial charge is 0.246 e. The normalized spacial score (nSPS) is 10.2. The molecule has 0 saturated carbocycles. The Labute approximate surface area is 138 Å². The van der Waals surface area contributed by atoms with Crippen molar-refractivity contribution in [2.45, 2.75) is 6.54 Å². The summed E-state index contributed by atoms with van der Waals surface area (Å²) >= 11 is 0. The molecule has 0 aliphatic carbocycles. The fourth-order valence-electron chi connectivity index (χ4n) is 2.22. The molecule has 0 N–H and O–H groups in total. The molecular weight excluding hydrogens is 308 g/mol. The summed E-state index contributed by atoms with van der Waals surface area (Å²) in [6.07, 6.45) is 3.25. The van der Waals surface area contributed by atoms with Crippen molar-refractivity contribution in [3.05, 3.63) is 48.1 Å². The van der Waals surface area contributed by atoms with Crippen molar-refractivity contribution >= 4 is 5.69 Å². The lowest BCUT2D eigenvalue weighted by atomic mass is 10.2. The van der Waals surface area contributed by atoms with E-state index in [0.29, 0.717) is 35.2 Å². The number of aromatic nitrogens is 4. The number of ether oxygens (including phenoxy) is 1. The fraction of sp³-hybridized carbons (Fsp3) is 0.188. The fourth-order valence-corrected chi connectivity index (χ4v) is 2.22. The molecule has 0 spiro atoms. The van der Waals surface area contributed by atoms with E-state index in [1.165, 1.54) is 7.11 Å². The van der Waals surface area contributed by atoms with Crippen molar-refractivity contribution in [1.82, 2.24) is 20.1 Å². The molecule has 3 aromatic heterocycles. The van der Waals surface area contributed by atoms with E-state index in [-0.39, 0.29) is 5.88 Å². The molecule has 8 nitrogen and oxygen atoms in total. The number of nitrogens with zero attached hydrogens (tertiary/aromatic N) is 6. The Kier molecular flexibility index (Phi) is 4.34. The van der Waals surface area contributed by atoms with Crippen molar-refractivity contribution < 1.29 is 9.26 Å². The number of rotatable bonds is 5. The van der Waals surface area contributed by atoms with Gasteiger partial charge in [-0.3, -0.25) is 4.98 Å². The van der Waals surface area contributed by atoms with Crippen LogP contribution in [0, 0.1) is 11.3 Å². The minimum Gasteiger partial charge on any atom is -0.480 e. The Balaban J connectivity index is 1.83. The monoisotopic (exact) mass is 322 g/mol. The second-order valence-corrected chi connectivity index (χ2v) is 4.91. The van der Waals surface area contributed by atoms with E-state index in [2.05, 4.69) is 26.2 Å². The van der Waals surface area contributed by atoms with E-state index in [0.717, 1.165) is 0 Å². The highest BCUT2D eigenvalue weighted by molar-refractivity contribution is 5.62. The highest BCUT2D eigenvalue weighted by Crippen LogP contribution is 2.26. The zero-order valence-corrected chi connectivity index (χ0v) is 13.2. The average Bonchev–Trinajstić information content (AvgIpc) is 3.10. The molecule has 3 aromatic rings. The third-order valence-electron chi connectivity index (χ3n) is 3.35. The molecule has 3 heterocycles. The minimum absolute atomic E-state index is 0.279. The van der Waals surface area contributed by atoms with Crippen LogP contribution in [0.3, 0.4) is 0 Å². The summed E-state index contributed by atoms with van der Waals surface area (Å²) in [5, 5.41) is 13.3. The minimum atomic E-state index is 0.279. The zero-order valence-electron chi connectivity index (χ0n) is 13.2. The number of hydrogen-bond donors (Lipinski definition) is 0. The molecule has 8 heteroatoms. The van der Waals surface area contributed by atoms with Crippen LogP contribution < -0.4 is 9.64 Å². The number of pyridine rings is 2. The Hall–Kier alpha value is -3.47.